The molecular weight excluding hydrogens is 304 g/mol. The van der Waals surface area contributed by atoms with Gasteiger partial charge in [-0.15, -0.1) is 0 Å². The summed E-state index contributed by atoms with van der Waals surface area (Å²) in [7, 11) is 1.89. The highest BCUT2D eigenvalue weighted by atomic mass is 16.5. The molecule has 5 heteroatoms. The fourth-order valence-electron chi connectivity index (χ4n) is 2.43. The van der Waals surface area contributed by atoms with Crippen LogP contribution in [0.4, 0.5) is 0 Å². The monoisotopic (exact) mass is 330 g/mol. The number of unbranched alkanes of at least 4 members (excludes halogenated alkanes) is 1. The number of nitrogens with zero attached hydrogens (tertiary/aromatic N) is 1. The first-order chi connectivity index (χ1) is 11.6. The number of rotatable bonds is 9. The zero-order valence-electron chi connectivity index (χ0n) is 14.4. The lowest BCUT2D eigenvalue weighted by Gasteiger charge is -2.12. The molecule has 1 heterocycles. The van der Waals surface area contributed by atoms with Gasteiger partial charge in [0.15, 0.2) is 0 Å². The first kappa shape index (κ1) is 18.1. The molecule has 130 valence electrons. The van der Waals surface area contributed by atoms with E-state index in [4.69, 9.17) is 4.74 Å². The van der Waals surface area contributed by atoms with E-state index in [1.807, 2.05) is 42.1 Å². The first-order valence-corrected chi connectivity index (χ1v) is 8.42. The summed E-state index contributed by atoms with van der Waals surface area (Å²) >= 11 is 0. The van der Waals surface area contributed by atoms with E-state index >= 15 is 0 Å². The standard InChI is InChI=1S/C19H26N2O3/c1-3-4-14-24-16-9-7-15(8-10-16)19(23)20-12-11-18(22)17-6-5-13-21(17)2/h5-10,13,18,22H,3-4,11-12,14H2,1-2H3,(H,20,23). The van der Waals surface area contributed by atoms with Gasteiger partial charge in [-0.3, -0.25) is 4.79 Å². The Bertz CT molecular complexity index is 634. The second-order valence-electron chi connectivity index (χ2n) is 5.83. The molecule has 1 atom stereocenters. The lowest BCUT2D eigenvalue weighted by atomic mass is 10.1. The molecule has 0 saturated carbocycles. The van der Waals surface area contributed by atoms with E-state index in [0.29, 0.717) is 25.1 Å². The molecule has 0 radical (unpaired) electrons. The Labute approximate surface area is 143 Å². The number of aliphatic hydroxyl groups excluding tert-OH is 1. The quantitative estimate of drug-likeness (QED) is 0.695. The summed E-state index contributed by atoms with van der Waals surface area (Å²) in [6, 6.07) is 10.9. The molecule has 2 N–H and O–H groups in total. The van der Waals surface area contributed by atoms with Gasteiger partial charge in [0.1, 0.15) is 5.75 Å². The van der Waals surface area contributed by atoms with Crippen LogP contribution < -0.4 is 10.1 Å². The van der Waals surface area contributed by atoms with Gasteiger partial charge in [0.2, 0.25) is 0 Å². The van der Waals surface area contributed by atoms with Crippen LogP contribution >= 0.6 is 0 Å². The number of amides is 1. The number of nitrogens with one attached hydrogen (secondary N) is 1. The fourth-order valence-corrected chi connectivity index (χ4v) is 2.43. The fraction of sp³-hybridized carbons (Fsp3) is 0.421. The van der Waals surface area contributed by atoms with Crippen LogP contribution in [0, 0.1) is 0 Å². The predicted octanol–water partition coefficient (Wildman–Crippen LogP) is 3.06. The molecule has 0 spiro atoms. The smallest absolute Gasteiger partial charge is 0.251 e. The van der Waals surface area contributed by atoms with Crippen molar-refractivity contribution in [2.45, 2.75) is 32.3 Å². The minimum Gasteiger partial charge on any atom is -0.494 e. The Morgan fingerprint density at radius 1 is 1.29 bits per heavy atom. The molecule has 1 aromatic heterocycles. The van der Waals surface area contributed by atoms with Crippen molar-refractivity contribution in [3.8, 4) is 5.75 Å². The van der Waals surface area contributed by atoms with Crippen LogP contribution in [-0.4, -0.2) is 28.7 Å². The lowest BCUT2D eigenvalue weighted by molar-refractivity contribution is 0.0941. The molecule has 2 aromatic rings. The summed E-state index contributed by atoms with van der Waals surface area (Å²) in [6.07, 6.45) is 3.89. The van der Waals surface area contributed by atoms with Gasteiger partial charge in [0.25, 0.3) is 5.91 Å². The van der Waals surface area contributed by atoms with Crippen molar-refractivity contribution in [1.82, 2.24) is 9.88 Å². The van der Waals surface area contributed by atoms with E-state index in [1.165, 1.54) is 0 Å². The topological polar surface area (TPSA) is 63.5 Å². The predicted molar refractivity (Wildman–Crippen MR) is 94.2 cm³/mol. The number of hydrogen-bond donors (Lipinski definition) is 2. The van der Waals surface area contributed by atoms with Gasteiger partial charge in [0, 0.05) is 31.0 Å². The van der Waals surface area contributed by atoms with Crippen molar-refractivity contribution in [3.05, 3.63) is 53.9 Å². The average molecular weight is 330 g/mol. The summed E-state index contributed by atoms with van der Waals surface area (Å²) in [4.78, 5) is 12.1. The number of aromatic nitrogens is 1. The summed E-state index contributed by atoms with van der Waals surface area (Å²) in [6.45, 7) is 3.23. The number of hydrogen-bond acceptors (Lipinski definition) is 3. The van der Waals surface area contributed by atoms with Gasteiger partial charge in [-0.05, 0) is 49.2 Å². The zero-order chi connectivity index (χ0) is 17.4. The van der Waals surface area contributed by atoms with Crippen LogP contribution in [0.15, 0.2) is 42.6 Å². The van der Waals surface area contributed by atoms with Crippen LogP contribution in [0.3, 0.4) is 0 Å². The number of ether oxygens (including phenoxy) is 1. The molecule has 0 bridgehead atoms. The molecule has 0 saturated heterocycles. The van der Waals surface area contributed by atoms with Gasteiger partial charge < -0.3 is 19.7 Å². The molecule has 1 aromatic carbocycles. The SMILES string of the molecule is CCCCOc1ccc(C(=O)NCCC(O)c2cccn2C)cc1. The Hall–Kier alpha value is -2.27. The average Bonchev–Trinajstić information content (AvgIpc) is 3.01. The van der Waals surface area contributed by atoms with Gasteiger partial charge in [0.05, 0.1) is 12.7 Å². The summed E-state index contributed by atoms with van der Waals surface area (Å²) < 4.78 is 7.46. The molecular formula is C19H26N2O3. The minimum absolute atomic E-state index is 0.144. The van der Waals surface area contributed by atoms with E-state index < -0.39 is 6.10 Å². The Kier molecular flexibility index (Phi) is 6.88. The number of aliphatic hydroxyl groups is 1. The number of carbonyl (C=O) groups excluding carboxylic acids is 1. The minimum atomic E-state index is -0.584. The van der Waals surface area contributed by atoms with Crippen molar-refractivity contribution in [3.63, 3.8) is 0 Å². The van der Waals surface area contributed by atoms with E-state index in [1.54, 1.807) is 12.1 Å². The van der Waals surface area contributed by atoms with Crippen molar-refractivity contribution in [2.75, 3.05) is 13.2 Å². The van der Waals surface area contributed by atoms with E-state index in [0.717, 1.165) is 24.3 Å². The maximum Gasteiger partial charge on any atom is 0.251 e. The highest BCUT2D eigenvalue weighted by molar-refractivity contribution is 5.94. The number of benzene rings is 1. The van der Waals surface area contributed by atoms with Crippen LogP contribution in [0.5, 0.6) is 5.75 Å². The zero-order valence-corrected chi connectivity index (χ0v) is 14.4. The van der Waals surface area contributed by atoms with Gasteiger partial charge in [-0.2, -0.15) is 0 Å². The van der Waals surface area contributed by atoms with Gasteiger partial charge >= 0.3 is 0 Å². The number of aryl methyl sites for hydroxylation is 1. The van der Waals surface area contributed by atoms with Crippen LogP contribution in [0.1, 0.15) is 48.3 Å². The highest BCUT2D eigenvalue weighted by Crippen LogP contribution is 2.16. The Morgan fingerprint density at radius 3 is 2.67 bits per heavy atom. The van der Waals surface area contributed by atoms with E-state index in [-0.39, 0.29) is 5.91 Å². The summed E-state index contributed by atoms with van der Waals surface area (Å²) in [5, 5.41) is 13.0. The van der Waals surface area contributed by atoms with Gasteiger partial charge in [-0.1, -0.05) is 13.3 Å². The third-order valence-electron chi connectivity index (χ3n) is 3.91. The Balaban J connectivity index is 1.77. The molecule has 0 aliphatic carbocycles. The second kappa shape index (κ2) is 9.13. The molecule has 0 fully saturated rings. The number of carbonyl (C=O) groups is 1. The maximum atomic E-state index is 12.1. The van der Waals surface area contributed by atoms with Crippen molar-refractivity contribution < 1.29 is 14.6 Å². The van der Waals surface area contributed by atoms with Crippen molar-refractivity contribution in [1.29, 1.82) is 0 Å². The van der Waals surface area contributed by atoms with Gasteiger partial charge in [-0.25, -0.2) is 0 Å². The third kappa shape index (κ3) is 5.13. The van der Waals surface area contributed by atoms with Crippen molar-refractivity contribution >= 4 is 5.91 Å². The molecule has 1 amide bonds. The molecule has 0 aliphatic heterocycles. The normalized spacial score (nSPS) is 12.0. The largest absolute Gasteiger partial charge is 0.494 e. The highest BCUT2D eigenvalue weighted by Gasteiger charge is 2.11. The van der Waals surface area contributed by atoms with E-state index in [2.05, 4.69) is 12.2 Å². The molecule has 24 heavy (non-hydrogen) atoms. The molecule has 2 rings (SSSR count). The third-order valence-corrected chi connectivity index (χ3v) is 3.91. The summed E-state index contributed by atoms with van der Waals surface area (Å²) in [5.41, 5.74) is 1.43. The molecule has 0 aliphatic rings. The second-order valence-corrected chi connectivity index (χ2v) is 5.83. The van der Waals surface area contributed by atoms with E-state index in [9.17, 15) is 9.90 Å². The van der Waals surface area contributed by atoms with Crippen LogP contribution in [-0.2, 0) is 7.05 Å². The molecule has 5 nitrogen and oxygen atoms in total. The first-order valence-electron chi connectivity index (χ1n) is 8.42. The van der Waals surface area contributed by atoms with Crippen LogP contribution in [0.2, 0.25) is 0 Å². The van der Waals surface area contributed by atoms with Crippen molar-refractivity contribution in [2.24, 2.45) is 7.05 Å². The lowest BCUT2D eigenvalue weighted by Crippen LogP contribution is -2.25. The Morgan fingerprint density at radius 2 is 2.04 bits per heavy atom. The van der Waals surface area contributed by atoms with Crippen LogP contribution in [0.25, 0.3) is 0 Å². The maximum absolute atomic E-state index is 12.1. The summed E-state index contributed by atoms with van der Waals surface area (Å²) in [5.74, 6) is 0.633. The molecule has 1 unspecified atom stereocenters.